The van der Waals surface area contributed by atoms with Gasteiger partial charge in [-0.2, -0.15) is 0 Å². The Morgan fingerprint density at radius 1 is 0.939 bits per heavy atom. The summed E-state index contributed by atoms with van der Waals surface area (Å²) in [5.41, 5.74) is 2.79. The molecule has 0 N–H and O–H groups in total. The number of hydrogen-bond donors (Lipinski definition) is 0. The van der Waals surface area contributed by atoms with Gasteiger partial charge in [0.25, 0.3) is 11.8 Å². The van der Waals surface area contributed by atoms with Crippen LogP contribution < -0.4 is 4.48 Å². The van der Waals surface area contributed by atoms with E-state index in [1.807, 2.05) is 12.1 Å². The predicted molar refractivity (Wildman–Crippen MR) is 125 cm³/mol. The van der Waals surface area contributed by atoms with Gasteiger partial charge in [0.2, 0.25) is 0 Å². The molecule has 0 saturated carbocycles. The molecule has 1 atom stereocenters. The van der Waals surface area contributed by atoms with Crippen molar-refractivity contribution in [3.63, 3.8) is 0 Å². The van der Waals surface area contributed by atoms with Gasteiger partial charge in [-0.3, -0.25) is 23.5 Å². The van der Waals surface area contributed by atoms with Gasteiger partial charge >= 0.3 is 5.97 Å². The van der Waals surface area contributed by atoms with Crippen molar-refractivity contribution in [3.8, 4) is 0 Å². The number of imide groups is 1. The average molecular weight is 470 g/mol. The summed E-state index contributed by atoms with van der Waals surface area (Å²) in [4.78, 5) is 39.6. The topological polar surface area (TPSA) is 63.7 Å². The van der Waals surface area contributed by atoms with Crippen molar-refractivity contribution in [1.82, 2.24) is 9.38 Å². The molecule has 8 heteroatoms. The lowest BCUT2D eigenvalue weighted by molar-refractivity contribution is -0.930. The van der Waals surface area contributed by atoms with Crippen molar-refractivity contribution < 1.29 is 23.6 Å². The fraction of sp³-hybridized carbons (Fsp3) is 0.400. The molecule has 33 heavy (non-hydrogen) atoms. The summed E-state index contributed by atoms with van der Waals surface area (Å²) in [6, 6.07) is 14.6. The normalized spacial score (nSPS) is 26.9. The van der Waals surface area contributed by atoms with E-state index >= 15 is 0 Å². The summed E-state index contributed by atoms with van der Waals surface area (Å²) in [5.74, 6) is -1.51. The highest BCUT2D eigenvalue weighted by Gasteiger charge is 2.50. The molecule has 3 saturated heterocycles. The van der Waals surface area contributed by atoms with E-state index < -0.39 is 23.8 Å². The maximum atomic E-state index is 12.9. The van der Waals surface area contributed by atoms with Crippen molar-refractivity contribution in [3.05, 3.63) is 65.2 Å². The Morgan fingerprint density at radius 3 is 1.97 bits per heavy atom. The Kier molecular flexibility index (Phi) is 5.51. The molecule has 0 aliphatic carbocycles. The number of piperazine rings is 3. The molecule has 2 aromatic carbocycles. The van der Waals surface area contributed by atoms with Crippen molar-refractivity contribution in [2.24, 2.45) is 0 Å². The average Bonchev–Trinajstić information content (AvgIpc) is 3.13. The van der Waals surface area contributed by atoms with Gasteiger partial charge < -0.3 is 4.74 Å². The highest BCUT2D eigenvalue weighted by molar-refractivity contribution is 6.22. The van der Waals surface area contributed by atoms with Crippen LogP contribution in [0.4, 0.5) is 5.69 Å². The van der Waals surface area contributed by atoms with Crippen LogP contribution in [-0.2, 0) is 16.0 Å². The van der Waals surface area contributed by atoms with Crippen LogP contribution in [0.2, 0.25) is 0 Å². The van der Waals surface area contributed by atoms with Gasteiger partial charge in [0.05, 0.1) is 18.2 Å². The SMILES string of the molecule is COC(=O)C(Cc1ccc([N+]23CC[N+](CCl)(CC2)CC3)cc1)N1C(=O)c2ccccc2C1=O. The van der Waals surface area contributed by atoms with Gasteiger partial charge in [0.1, 0.15) is 51.0 Å². The van der Waals surface area contributed by atoms with Gasteiger partial charge in [0, 0.05) is 6.42 Å². The second-order valence-electron chi connectivity index (χ2n) is 9.38. The standard InChI is InChI=1S/C25H28ClN3O4/c1-33-25(32)22(27-23(30)20-4-2-3-5-21(20)24(27)31)16-18-6-8-19(9-7-18)29-13-10-28(17-26,11-14-29)12-15-29/h2-9,22H,10-17H2,1H3/q+2. The maximum absolute atomic E-state index is 12.9. The second-order valence-corrected chi connectivity index (χ2v) is 9.62. The fourth-order valence-corrected chi connectivity index (χ4v) is 5.89. The fourth-order valence-electron chi connectivity index (χ4n) is 5.53. The number of benzene rings is 2. The monoisotopic (exact) mass is 469 g/mol. The van der Waals surface area contributed by atoms with Crippen LogP contribution in [0, 0.1) is 0 Å². The molecule has 7 nitrogen and oxygen atoms in total. The number of carbonyl (C=O) groups excluding carboxylic acids is 3. The minimum Gasteiger partial charge on any atom is -0.467 e. The van der Waals surface area contributed by atoms with Crippen molar-refractivity contribution in [2.75, 3.05) is 52.4 Å². The molecule has 0 radical (unpaired) electrons. The number of alkyl halides is 1. The zero-order chi connectivity index (χ0) is 23.2. The van der Waals surface area contributed by atoms with E-state index in [1.54, 1.807) is 24.3 Å². The summed E-state index contributed by atoms with van der Waals surface area (Å²) < 4.78 is 6.95. The zero-order valence-electron chi connectivity index (χ0n) is 18.7. The number of hydrogen-bond acceptors (Lipinski definition) is 4. The van der Waals surface area contributed by atoms with Gasteiger partial charge in [0.15, 0.2) is 6.00 Å². The number of halogens is 1. The molecule has 4 heterocycles. The molecule has 2 bridgehead atoms. The van der Waals surface area contributed by atoms with Gasteiger partial charge in [-0.15, -0.1) is 0 Å². The molecule has 3 fully saturated rings. The first-order chi connectivity index (χ1) is 15.9. The number of amides is 2. The predicted octanol–water partition coefficient (Wildman–Crippen LogP) is 2.41. The number of esters is 1. The minimum atomic E-state index is -1.01. The third-order valence-corrected chi connectivity index (χ3v) is 8.29. The second kappa shape index (κ2) is 8.24. The van der Waals surface area contributed by atoms with E-state index in [9.17, 15) is 14.4 Å². The van der Waals surface area contributed by atoms with Crippen LogP contribution in [0.3, 0.4) is 0 Å². The molecule has 0 spiro atoms. The number of nitrogens with zero attached hydrogens (tertiary/aromatic N) is 3. The molecule has 6 rings (SSSR count). The van der Waals surface area contributed by atoms with Crippen molar-refractivity contribution >= 4 is 35.1 Å². The maximum Gasteiger partial charge on any atom is 0.329 e. The first-order valence-corrected chi connectivity index (χ1v) is 11.9. The van der Waals surface area contributed by atoms with Gasteiger partial charge in [-0.1, -0.05) is 35.9 Å². The van der Waals surface area contributed by atoms with Crippen LogP contribution >= 0.6 is 11.6 Å². The van der Waals surface area contributed by atoms with Gasteiger partial charge in [-0.05, 0) is 29.8 Å². The van der Waals surface area contributed by atoms with Crippen LogP contribution in [-0.4, -0.2) is 85.6 Å². The third-order valence-electron chi connectivity index (χ3n) is 7.78. The lowest BCUT2D eigenvalue weighted by Crippen LogP contribution is -2.75. The number of ether oxygens (including phenoxy) is 1. The van der Waals surface area contributed by atoms with E-state index in [0.29, 0.717) is 17.1 Å². The minimum absolute atomic E-state index is 0.213. The van der Waals surface area contributed by atoms with E-state index in [0.717, 1.165) is 58.7 Å². The summed E-state index contributed by atoms with van der Waals surface area (Å²) in [6.07, 6.45) is 0.213. The highest BCUT2D eigenvalue weighted by Crippen LogP contribution is 2.34. The number of fused-ring (bicyclic) bond motifs is 4. The van der Waals surface area contributed by atoms with E-state index in [1.165, 1.54) is 12.8 Å². The molecular formula is C25H28ClN3O4+2. The van der Waals surface area contributed by atoms with Crippen LogP contribution in [0.15, 0.2) is 48.5 Å². The molecule has 1 unspecified atom stereocenters. The highest BCUT2D eigenvalue weighted by atomic mass is 35.5. The Hall–Kier alpha value is -2.74. The molecule has 4 aliphatic heterocycles. The zero-order valence-corrected chi connectivity index (χ0v) is 19.5. The van der Waals surface area contributed by atoms with Crippen molar-refractivity contribution in [1.29, 1.82) is 0 Å². The molecular weight excluding hydrogens is 442 g/mol. The summed E-state index contributed by atoms with van der Waals surface area (Å²) in [6.45, 7) is 6.50. The van der Waals surface area contributed by atoms with E-state index in [-0.39, 0.29) is 6.42 Å². The Balaban J connectivity index is 1.37. The lowest BCUT2D eigenvalue weighted by atomic mass is 10.0. The lowest BCUT2D eigenvalue weighted by Gasteiger charge is -2.54. The summed E-state index contributed by atoms with van der Waals surface area (Å²) in [5, 5.41) is 0. The summed E-state index contributed by atoms with van der Waals surface area (Å²) in [7, 11) is 1.28. The van der Waals surface area contributed by atoms with Crippen molar-refractivity contribution in [2.45, 2.75) is 12.5 Å². The van der Waals surface area contributed by atoms with E-state index in [4.69, 9.17) is 16.3 Å². The molecule has 4 aliphatic rings. The number of rotatable bonds is 6. The first kappa shape index (κ1) is 22.1. The Morgan fingerprint density at radius 2 is 1.48 bits per heavy atom. The van der Waals surface area contributed by atoms with Crippen LogP contribution in [0.1, 0.15) is 26.3 Å². The quantitative estimate of drug-likeness (QED) is 0.214. The summed E-state index contributed by atoms with van der Waals surface area (Å²) >= 11 is 6.24. The molecule has 172 valence electrons. The van der Waals surface area contributed by atoms with Gasteiger partial charge in [-0.25, -0.2) is 4.79 Å². The Bertz CT molecular complexity index is 1060. The number of carbonyl (C=O) groups is 3. The first-order valence-electron chi connectivity index (χ1n) is 11.3. The number of methoxy groups -OCH3 is 1. The van der Waals surface area contributed by atoms with Crippen LogP contribution in [0.5, 0.6) is 0 Å². The smallest absolute Gasteiger partial charge is 0.329 e. The Labute approximate surface area is 198 Å². The third kappa shape index (κ3) is 3.55. The number of quaternary nitrogens is 2. The molecule has 0 aromatic heterocycles. The molecule has 2 amide bonds. The van der Waals surface area contributed by atoms with E-state index in [2.05, 4.69) is 12.1 Å². The van der Waals surface area contributed by atoms with Crippen LogP contribution in [0.25, 0.3) is 0 Å². The molecule has 2 aromatic rings. The largest absolute Gasteiger partial charge is 0.467 e.